The smallest absolute Gasteiger partial charge is 0.410 e. The standard InChI is InChI=1S/C22H28N2O5/c1-22(2,3)29-21(26)24(4)14-15-8-7-9-17(12-15)23-20(25)16-10-11-18(27-5)19(13-16)28-6/h7-13H,14H2,1-6H3,(H,23,25). The van der Waals surface area contributed by atoms with Crippen LogP contribution in [0.3, 0.4) is 0 Å². The molecule has 29 heavy (non-hydrogen) atoms. The number of nitrogens with one attached hydrogen (secondary N) is 1. The van der Waals surface area contributed by atoms with Gasteiger partial charge < -0.3 is 24.4 Å². The molecular weight excluding hydrogens is 372 g/mol. The fourth-order valence-electron chi connectivity index (χ4n) is 2.61. The SMILES string of the molecule is COc1ccc(C(=O)Nc2cccc(CN(C)C(=O)OC(C)(C)C)c2)cc1OC. The Morgan fingerprint density at radius 1 is 1.00 bits per heavy atom. The van der Waals surface area contributed by atoms with Crippen LogP contribution in [-0.2, 0) is 11.3 Å². The topological polar surface area (TPSA) is 77.1 Å². The van der Waals surface area contributed by atoms with Gasteiger partial charge in [0.15, 0.2) is 11.5 Å². The number of benzene rings is 2. The molecule has 0 aliphatic rings. The van der Waals surface area contributed by atoms with E-state index in [4.69, 9.17) is 14.2 Å². The molecule has 2 rings (SSSR count). The van der Waals surface area contributed by atoms with Crippen molar-refractivity contribution in [2.75, 3.05) is 26.6 Å². The zero-order valence-electron chi connectivity index (χ0n) is 17.7. The zero-order valence-corrected chi connectivity index (χ0v) is 17.7. The molecule has 0 aromatic heterocycles. The molecule has 0 bridgehead atoms. The first-order valence-corrected chi connectivity index (χ1v) is 9.19. The van der Waals surface area contributed by atoms with E-state index in [1.807, 2.05) is 39.0 Å². The summed E-state index contributed by atoms with van der Waals surface area (Å²) in [4.78, 5) is 26.2. The maximum atomic E-state index is 12.6. The van der Waals surface area contributed by atoms with Crippen LogP contribution in [0.1, 0.15) is 36.7 Å². The Morgan fingerprint density at radius 2 is 1.69 bits per heavy atom. The average Bonchev–Trinajstić information content (AvgIpc) is 2.66. The van der Waals surface area contributed by atoms with Gasteiger partial charge in [0.25, 0.3) is 5.91 Å². The van der Waals surface area contributed by atoms with Crippen molar-refractivity contribution in [3.8, 4) is 11.5 Å². The third-order valence-electron chi connectivity index (χ3n) is 3.96. The monoisotopic (exact) mass is 400 g/mol. The summed E-state index contributed by atoms with van der Waals surface area (Å²) in [6, 6.07) is 12.3. The third-order valence-corrected chi connectivity index (χ3v) is 3.96. The molecule has 2 amide bonds. The molecule has 7 nitrogen and oxygen atoms in total. The molecule has 1 N–H and O–H groups in total. The molecule has 156 valence electrons. The van der Waals surface area contributed by atoms with Crippen molar-refractivity contribution in [1.29, 1.82) is 0 Å². The second-order valence-electron chi connectivity index (χ2n) is 7.56. The van der Waals surface area contributed by atoms with E-state index in [0.717, 1.165) is 5.56 Å². The van der Waals surface area contributed by atoms with Crippen molar-refractivity contribution >= 4 is 17.7 Å². The van der Waals surface area contributed by atoms with Gasteiger partial charge in [-0.1, -0.05) is 12.1 Å². The molecule has 7 heteroatoms. The number of ether oxygens (including phenoxy) is 3. The summed E-state index contributed by atoms with van der Waals surface area (Å²) in [5, 5.41) is 2.86. The molecule has 0 saturated heterocycles. The Hall–Kier alpha value is -3.22. The summed E-state index contributed by atoms with van der Waals surface area (Å²) < 4.78 is 15.8. The number of carbonyl (C=O) groups is 2. The van der Waals surface area contributed by atoms with E-state index < -0.39 is 11.7 Å². The average molecular weight is 400 g/mol. The van der Waals surface area contributed by atoms with Crippen molar-refractivity contribution in [3.63, 3.8) is 0 Å². The molecule has 0 unspecified atom stereocenters. The van der Waals surface area contributed by atoms with Crippen LogP contribution in [0.4, 0.5) is 10.5 Å². The van der Waals surface area contributed by atoms with Crippen molar-refractivity contribution in [3.05, 3.63) is 53.6 Å². The number of hydrogen-bond acceptors (Lipinski definition) is 5. The van der Waals surface area contributed by atoms with Crippen molar-refractivity contribution in [2.45, 2.75) is 32.9 Å². The van der Waals surface area contributed by atoms with Gasteiger partial charge in [0.1, 0.15) is 5.60 Å². The van der Waals surface area contributed by atoms with E-state index in [-0.39, 0.29) is 5.91 Å². The summed E-state index contributed by atoms with van der Waals surface area (Å²) >= 11 is 0. The van der Waals surface area contributed by atoms with Crippen LogP contribution in [0.5, 0.6) is 11.5 Å². The van der Waals surface area contributed by atoms with Gasteiger partial charge in [-0.05, 0) is 56.7 Å². The predicted octanol–water partition coefficient (Wildman–Crippen LogP) is 4.32. The van der Waals surface area contributed by atoms with Crippen molar-refractivity contribution in [1.82, 2.24) is 4.90 Å². The van der Waals surface area contributed by atoms with Gasteiger partial charge in [0, 0.05) is 24.8 Å². The number of methoxy groups -OCH3 is 2. The molecule has 0 fully saturated rings. The van der Waals surface area contributed by atoms with E-state index in [2.05, 4.69) is 5.32 Å². The lowest BCUT2D eigenvalue weighted by molar-refractivity contribution is 0.0285. The lowest BCUT2D eigenvalue weighted by Gasteiger charge is -2.24. The van der Waals surface area contributed by atoms with Crippen LogP contribution in [0.15, 0.2) is 42.5 Å². The number of carbonyl (C=O) groups excluding carboxylic acids is 2. The Balaban J connectivity index is 2.08. The van der Waals surface area contributed by atoms with E-state index in [1.54, 1.807) is 31.3 Å². The van der Waals surface area contributed by atoms with Crippen LogP contribution < -0.4 is 14.8 Å². The van der Waals surface area contributed by atoms with Gasteiger partial charge >= 0.3 is 6.09 Å². The van der Waals surface area contributed by atoms with E-state index in [9.17, 15) is 9.59 Å². The van der Waals surface area contributed by atoms with Gasteiger partial charge in [0.2, 0.25) is 0 Å². The number of rotatable bonds is 6. The molecule has 0 saturated carbocycles. The van der Waals surface area contributed by atoms with Gasteiger partial charge in [-0.25, -0.2) is 4.79 Å². The lowest BCUT2D eigenvalue weighted by atomic mass is 10.1. The molecule has 2 aromatic rings. The Morgan fingerprint density at radius 3 is 2.31 bits per heavy atom. The predicted molar refractivity (Wildman–Crippen MR) is 112 cm³/mol. The highest BCUT2D eigenvalue weighted by Gasteiger charge is 2.19. The minimum atomic E-state index is -0.555. The first-order chi connectivity index (χ1) is 13.6. The van der Waals surface area contributed by atoms with Crippen LogP contribution in [0.25, 0.3) is 0 Å². The Kier molecular flexibility index (Phi) is 7.09. The van der Waals surface area contributed by atoms with Gasteiger partial charge in [-0.2, -0.15) is 0 Å². The maximum Gasteiger partial charge on any atom is 0.410 e. The summed E-state index contributed by atoms with van der Waals surface area (Å²) in [6.07, 6.45) is -0.405. The summed E-state index contributed by atoms with van der Waals surface area (Å²) in [5.41, 5.74) is 1.38. The normalized spacial score (nSPS) is 10.8. The first-order valence-electron chi connectivity index (χ1n) is 9.19. The zero-order chi connectivity index (χ0) is 21.6. The van der Waals surface area contributed by atoms with Crippen LogP contribution in [-0.4, -0.2) is 43.8 Å². The number of nitrogens with zero attached hydrogens (tertiary/aromatic N) is 1. The molecule has 0 heterocycles. The minimum Gasteiger partial charge on any atom is -0.493 e. The van der Waals surface area contributed by atoms with Crippen molar-refractivity contribution < 1.29 is 23.8 Å². The summed E-state index contributed by atoms with van der Waals surface area (Å²) in [6.45, 7) is 5.82. The lowest BCUT2D eigenvalue weighted by Crippen LogP contribution is -2.33. The highest BCUT2D eigenvalue weighted by atomic mass is 16.6. The maximum absolute atomic E-state index is 12.6. The molecule has 2 aromatic carbocycles. The van der Waals surface area contributed by atoms with E-state index in [0.29, 0.717) is 29.3 Å². The molecular formula is C22H28N2O5. The first kappa shape index (κ1) is 22.1. The second-order valence-corrected chi connectivity index (χ2v) is 7.56. The summed E-state index contributed by atoms with van der Waals surface area (Å²) in [5.74, 6) is 0.757. The van der Waals surface area contributed by atoms with Crippen LogP contribution in [0.2, 0.25) is 0 Å². The molecule has 0 atom stereocenters. The van der Waals surface area contributed by atoms with Gasteiger partial charge in [-0.15, -0.1) is 0 Å². The molecule has 0 spiro atoms. The quantitative estimate of drug-likeness (QED) is 0.781. The molecule has 0 radical (unpaired) electrons. The highest BCUT2D eigenvalue weighted by Crippen LogP contribution is 2.28. The van der Waals surface area contributed by atoms with Gasteiger partial charge in [-0.3, -0.25) is 4.79 Å². The van der Waals surface area contributed by atoms with E-state index in [1.165, 1.54) is 19.1 Å². The van der Waals surface area contributed by atoms with Crippen LogP contribution >= 0.6 is 0 Å². The van der Waals surface area contributed by atoms with Crippen molar-refractivity contribution in [2.24, 2.45) is 0 Å². The number of amides is 2. The molecule has 0 aliphatic heterocycles. The third kappa shape index (κ3) is 6.41. The van der Waals surface area contributed by atoms with Crippen LogP contribution in [0, 0.1) is 0 Å². The fourth-order valence-corrected chi connectivity index (χ4v) is 2.61. The van der Waals surface area contributed by atoms with Gasteiger partial charge in [0.05, 0.1) is 14.2 Å². The Labute approximate surface area is 171 Å². The minimum absolute atomic E-state index is 0.274. The molecule has 0 aliphatic carbocycles. The Bertz CT molecular complexity index is 874. The summed E-state index contributed by atoms with van der Waals surface area (Å²) in [7, 11) is 4.73. The largest absolute Gasteiger partial charge is 0.493 e. The fraction of sp³-hybridized carbons (Fsp3) is 0.364. The second kappa shape index (κ2) is 9.32. The van der Waals surface area contributed by atoms with E-state index >= 15 is 0 Å². The number of anilines is 1. The highest BCUT2D eigenvalue weighted by molar-refractivity contribution is 6.04. The number of hydrogen-bond donors (Lipinski definition) is 1.